The summed E-state index contributed by atoms with van der Waals surface area (Å²) in [6.07, 6.45) is 4.75. The highest BCUT2D eigenvalue weighted by Crippen LogP contribution is 2.51. The van der Waals surface area contributed by atoms with E-state index in [1.54, 1.807) is 32.1 Å². The first-order chi connectivity index (χ1) is 29.9. The third-order valence-corrected chi connectivity index (χ3v) is 11.2. The quantitative estimate of drug-likeness (QED) is 0.0935. The first kappa shape index (κ1) is 43.1. The van der Waals surface area contributed by atoms with Crippen LogP contribution in [-0.4, -0.2) is 65.2 Å². The maximum Gasteiger partial charge on any atom is 0.337 e. The number of allylic oxidation sites excluding steroid dienone is 4. The minimum Gasteiger partial charge on any atom is -0.508 e. The lowest BCUT2D eigenvalue weighted by molar-refractivity contribution is -0.129. The highest BCUT2D eigenvalue weighted by molar-refractivity contribution is 6.26. The monoisotopic (exact) mass is 854 g/mol. The van der Waals surface area contributed by atoms with Crippen molar-refractivity contribution >= 4 is 52.2 Å². The molecule has 2 aliphatic heterocycles. The number of para-hydroxylation sites is 1. The van der Waals surface area contributed by atoms with Crippen molar-refractivity contribution < 1.29 is 59.7 Å². The second kappa shape index (κ2) is 16.5. The summed E-state index contributed by atoms with van der Waals surface area (Å²) >= 11 is 0. The smallest absolute Gasteiger partial charge is 0.337 e. The molecule has 1 aliphatic carbocycles. The van der Waals surface area contributed by atoms with Crippen LogP contribution in [0.1, 0.15) is 81.9 Å². The lowest BCUT2D eigenvalue weighted by Gasteiger charge is -2.33. The fraction of sp³-hybridized carbons (Fsp3) is 0.170. The Hall–Kier alpha value is -7.95. The SMILES string of the molecule is C=C1Nc2cc(O)cc3c2C1(Nc1ccccc1C(=O)O)C(=O)C=CC(C)=CCC(O)c1cc(O)cc2c1C(Nc1cc(O)ccc1C(=O)O)(C(=O)C=CC(C)=CCC3O)C(=O)N2. The molecule has 4 unspecified atom stereocenters. The van der Waals surface area contributed by atoms with Crippen LogP contribution in [0, 0.1) is 0 Å². The molecule has 4 atom stereocenters. The van der Waals surface area contributed by atoms with E-state index in [1.807, 2.05) is 0 Å². The van der Waals surface area contributed by atoms with Gasteiger partial charge in [-0.2, -0.15) is 0 Å². The molecule has 4 aromatic carbocycles. The van der Waals surface area contributed by atoms with Gasteiger partial charge in [0.15, 0.2) is 17.1 Å². The molecule has 0 radical (unpaired) electrons. The number of carbonyl (C=O) groups is 5. The number of amides is 1. The number of anilines is 4. The van der Waals surface area contributed by atoms with E-state index < -0.39 is 64.0 Å². The van der Waals surface area contributed by atoms with Gasteiger partial charge < -0.3 is 57.0 Å². The molecule has 16 heteroatoms. The molecule has 0 spiro atoms. The molecular weight excluding hydrogens is 813 g/mol. The lowest BCUT2D eigenvalue weighted by Crippen LogP contribution is -2.49. The van der Waals surface area contributed by atoms with Crippen molar-refractivity contribution in [1.82, 2.24) is 0 Å². The molecule has 322 valence electrons. The zero-order chi connectivity index (χ0) is 45.5. The Morgan fingerprint density at radius 2 is 1.13 bits per heavy atom. The average molecular weight is 855 g/mol. The molecule has 11 N–H and O–H groups in total. The zero-order valence-electron chi connectivity index (χ0n) is 33.8. The number of hydrogen-bond acceptors (Lipinski definition) is 13. The van der Waals surface area contributed by atoms with E-state index >= 15 is 0 Å². The van der Waals surface area contributed by atoms with Crippen molar-refractivity contribution in [2.75, 3.05) is 21.3 Å². The van der Waals surface area contributed by atoms with Gasteiger partial charge in [0.25, 0.3) is 5.91 Å². The van der Waals surface area contributed by atoms with Crippen molar-refractivity contribution in [3.05, 3.63) is 160 Å². The number of carboxylic acids is 2. The molecule has 0 fully saturated rings. The third kappa shape index (κ3) is 7.68. The van der Waals surface area contributed by atoms with Crippen molar-refractivity contribution in [2.24, 2.45) is 0 Å². The number of aliphatic hydroxyl groups is 2. The van der Waals surface area contributed by atoms with Crippen LogP contribution in [0.15, 0.2) is 127 Å². The summed E-state index contributed by atoms with van der Waals surface area (Å²) in [5.41, 5.74) is -4.30. The second-order valence-electron chi connectivity index (χ2n) is 15.4. The van der Waals surface area contributed by atoms with E-state index in [0.29, 0.717) is 11.1 Å². The van der Waals surface area contributed by atoms with Gasteiger partial charge in [-0.05, 0) is 86.4 Å². The summed E-state index contributed by atoms with van der Waals surface area (Å²) in [5, 5.41) is 87.3. The fourth-order valence-electron chi connectivity index (χ4n) is 8.14. The molecular formula is C47H42N4O12. The van der Waals surface area contributed by atoms with Gasteiger partial charge in [0.1, 0.15) is 17.2 Å². The van der Waals surface area contributed by atoms with Crippen LogP contribution in [0.4, 0.5) is 22.7 Å². The van der Waals surface area contributed by atoms with Gasteiger partial charge >= 0.3 is 11.9 Å². The number of ketones is 2. The number of phenols is 3. The van der Waals surface area contributed by atoms with Gasteiger partial charge in [0.2, 0.25) is 5.54 Å². The number of rotatable bonds is 6. The number of carbonyl (C=O) groups excluding carboxylic acids is 3. The van der Waals surface area contributed by atoms with Crippen LogP contribution < -0.4 is 21.3 Å². The average Bonchev–Trinajstić information content (AvgIpc) is 3.67. The molecule has 2 heterocycles. The second-order valence-corrected chi connectivity index (χ2v) is 15.4. The molecule has 16 nitrogen and oxygen atoms in total. The van der Waals surface area contributed by atoms with E-state index in [1.165, 1.54) is 48.6 Å². The minimum absolute atomic E-state index is 0.0480. The molecule has 7 rings (SSSR count). The molecule has 0 saturated heterocycles. The Balaban J connectivity index is 1.42. The molecule has 3 aliphatic rings. The van der Waals surface area contributed by atoms with E-state index in [-0.39, 0.29) is 80.6 Å². The Morgan fingerprint density at radius 1 is 0.635 bits per heavy atom. The van der Waals surface area contributed by atoms with E-state index in [4.69, 9.17) is 0 Å². The topological polar surface area (TPSA) is 275 Å². The van der Waals surface area contributed by atoms with Crippen molar-refractivity contribution in [3.8, 4) is 17.2 Å². The Morgan fingerprint density at radius 3 is 1.70 bits per heavy atom. The summed E-state index contributed by atoms with van der Waals surface area (Å²) < 4.78 is 0. The standard InChI is InChI=1S/C47H42N4O12/c1-23-9-15-38(56)32-19-28(54)22-36-42(32)47(45(63)49-36,51-34-20-26(52)12-13-30(34)44(61)62)40(58)17-11-24(2)8-14-37(55)31-18-27(53)21-35-41(31)46(25(3)48-35,39(57)16-10-23)50-33-7-5-4-6-29(33)43(59)60/h4-13,16-22,37-38,48,50-56H,3,14-15H2,1-2H3,(H,49,63)(H,59,60)(H,61,62). The summed E-state index contributed by atoms with van der Waals surface area (Å²) in [4.78, 5) is 68.4. The van der Waals surface area contributed by atoms with Gasteiger partial charge in [-0.1, -0.05) is 54.2 Å². The fourth-order valence-corrected chi connectivity index (χ4v) is 8.14. The first-order valence-corrected chi connectivity index (χ1v) is 19.5. The van der Waals surface area contributed by atoms with E-state index in [2.05, 4.69) is 27.8 Å². The summed E-state index contributed by atoms with van der Waals surface area (Å²) in [6, 6.07) is 14.1. The third-order valence-electron chi connectivity index (χ3n) is 11.2. The Kier molecular flexibility index (Phi) is 11.3. The summed E-state index contributed by atoms with van der Waals surface area (Å²) in [5.74, 6) is -6.38. The van der Waals surface area contributed by atoms with Gasteiger partial charge in [-0.3, -0.25) is 14.4 Å². The molecule has 63 heavy (non-hydrogen) atoms. The van der Waals surface area contributed by atoms with Crippen molar-refractivity contribution in [3.63, 3.8) is 0 Å². The van der Waals surface area contributed by atoms with Crippen LogP contribution >= 0.6 is 0 Å². The van der Waals surface area contributed by atoms with E-state index in [0.717, 1.165) is 36.4 Å². The van der Waals surface area contributed by atoms with Crippen LogP contribution in [0.5, 0.6) is 17.2 Å². The number of nitrogens with one attached hydrogen (secondary N) is 4. The molecule has 1 amide bonds. The minimum atomic E-state index is -2.48. The number of phenolic OH excluding ortho intramolecular Hbond substituents is 3. The lowest BCUT2D eigenvalue weighted by atomic mass is 9.79. The molecule has 0 saturated carbocycles. The maximum absolute atomic E-state index is 14.8. The Labute approximate surface area is 359 Å². The Bertz CT molecular complexity index is 2790. The zero-order valence-corrected chi connectivity index (χ0v) is 33.8. The highest BCUT2D eigenvalue weighted by Gasteiger charge is 2.55. The number of carboxylic acid groups (broad SMARTS) is 2. The van der Waals surface area contributed by atoms with Crippen LogP contribution in [-0.2, 0) is 25.5 Å². The highest BCUT2D eigenvalue weighted by atomic mass is 16.4. The predicted molar refractivity (Wildman–Crippen MR) is 232 cm³/mol. The summed E-state index contributed by atoms with van der Waals surface area (Å²) in [7, 11) is 0. The number of hydrogen-bond donors (Lipinski definition) is 11. The normalized spacial score (nSPS) is 22.2. The first-order valence-electron chi connectivity index (χ1n) is 19.5. The van der Waals surface area contributed by atoms with Crippen LogP contribution in [0.3, 0.4) is 0 Å². The van der Waals surface area contributed by atoms with Crippen molar-refractivity contribution in [2.45, 2.75) is 50.0 Å². The number of benzene rings is 4. The van der Waals surface area contributed by atoms with E-state index in [9.17, 15) is 59.7 Å². The molecule has 0 bridgehead atoms. The molecule has 0 aromatic heterocycles. The van der Waals surface area contributed by atoms with Gasteiger partial charge in [-0.15, -0.1) is 0 Å². The van der Waals surface area contributed by atoms with Crippen LogP contribution in [0.25, 0.3) is 0 Å². The summed E-state index contributed by atoms with van der Waals surface area (Å²) in [6.45, 7) is 7.34. The largest absolute Gasteiger partial charge is 0.508 e. The predicted octanol–water partition coefficient (Wildman–Crippen LogP) is 6.41. The van der Waals surface area contributed by atoms with Crippen LogP contribution in [0.2, 0.25) is 0 Å². The maximum atomic E-state index is 14.8. The number of aliphatic hydroxyl groups excluding tert-OH is 2. The molecule has 4 aromatic rings. The van der Waals surface area contributed by atoms with Gasteiger partial charge in [0.05, 0.1) is 40.4 Å². The van der Waals surface area contributed by atoms with Gasteiger partial charge in [-0.25, -0.2) is 9.59 Å². The van der Waals surface area contributed by atoms with Crippen molar-refractivity contribution in [1.29, 1.82) is 0 Å². The number of aromatic carboxylic acids is 2. The number of aromatic hydroxyl groups is 3. The van der Waals surface area contributed by atoms with Gasteiger partial charge in [0, 0.05) is 40.7 Å².